The van der Waals surface area contributed by atoms with Crippen LogP contribution in [0.25, 0.3) is 0 Å². The molecule has 0 saturated heterocycles. The fourth-order valence-electron chi connectivity index (χ4n) is 0.800. The van der Waals surface area contributed by atoms with Crippen LogP contribution < -0.4 is 0 Å². The van der Waals surface area contributed by atoms with E-state index in [1.807, 2.05) is 6.92 Å². The first-order valence-corrected chi connectivity index (χ1v) is 3.29. The maximum Gasteiger partial charge on any atom is 0.198 e. The first-order chi connectivity index (χ1) is 5.15. The Hall–Kier alpha value is -1.27. The van der Waals surface area contributed by atoms with Gasteiger partial charge in [-0.1, -0.05) is 0 Å². The first kappa shape index (κ1) is 7.83. The van der Waals surface area contributed by atoms with Crippen molar-refractivity contribution in [1.29, 1.82) is 5.26 Å². The predicted octanol–water partition coefficient (Wildman–Crippen LogP) is 1.45. The number of rotatable bonds is 1. The zero-order chi connectivity index (χ0) is 8.43. The Kier molecular flexibility index (Phi) is 1.97. The molecule has 0 saturated carbocycles. The van der Waals surface area contributed by atoms with E-state index in [9.17, 15) is 0 Å². The number of furan rings is 1. The first-order valence-electron chi connectivity index (χ1n) is 3.29. The average molecular weight is 151 g/mol. The number of hydrogen-bond donors (Lipinski definition) is 1. The van der Waals surface area contributed by atoms with Crippen LogP contribution in [-0.2, 0) is 0 Å². The molecule has 1 aromatic heterocycles. The minimum absolute atomic E-state index is 0.322. The van der Waals surface area contributed by atoms with Gasteiger partial charge in [-0.2, -0.15) is 5.26 Å². The highest BCUT2D eigenvalue weighted by Gasteiger charge is 2.11. The standard InChI is InChI=1S/C8H9NO2/c1-5-3-8(7(10)4-9)11-6(5)2/h3,7,10H,1-2H3/t7-/m0/s1. The molecule has 0 fully saturated rings. The minimum atomic E-state index is -1.14. The number of nitriles is 1. The third-order valence-corrected chi connectivity index (χ3v) is 1.58. The van der Waals surface area contributed by atoms with Gasteiger partial charge in [0.2, 0.25) is 0 Å². The Morgan fingerprint density at radius 3 is 2.64 bits per heavy atom. The molecule has 58 valence electrons. The van der Waals surface area contributed by atoms with E-state index < -0.39 is 6.10 Å². The SMILES string of the molecule is Cc1cc([C@@H](O)C#N)oc1C. The largest absolute Gasteiger partial charge is 0.462 e. The van der Waals surface area contributed by atoms with Crippen molar-refractivity contribution < 1.29 is 9.52 Å². The van der Waals surface area contributed by atoms with Crippen molar-refractivity contribution in [3.63, 3.8) is 0 Å². The van der Waals surface area contributed by atoms with Crippen molar-refractivity contribution in [1.82, 2.24) is 0 Å². The molecule has 0 unspecified atom stereocenters. The quantitative estimate of drug-likeness (QED) is 0.618. The summed E-state index contributed by atoms with van der Waals surface area (Å²) in [5.41, 5.74) is 0.953. The fraction of sp³-hybridized carbons (Fsp3) is 0.375. The van der Waals surface area contributed by atoms with Gasteiger partial charge in [0.15, 0.2) is 6.10 Å². The summed E-state index contributed by atoms with van der Waals surface area (Å²) < 4.78 is 5.09. The number of aryl methyl sites for hydroxylation is 2. The van der Waals surface area contributed by atoms with Crippen molar-refractivity contribution in [3.8, 4) is 6.07 Å². The zero-order valence-corrected chi connectivity index (χ0v) is 6.46. The molecule has 11 heavy (non-hydrogen) atoms. The molecule has 0 spiro atoms. The van der Waals surface area contributed by atoms with Crippen LogP contribution in [0.4, 0.5) is 0 Å². The number of aliphatic hydroxyl groups is 1. The summed E-state index contributed by atoms with van der Waals surface area (Å²) in [5, 5.41) is 17.3. The van der Waals surface area contributed by atoms with Gasteiger partial charge in [-0.05, 0) is 25.5 Å². The van der Waals surface area contributed by atoms with Crippen LogP contribution >= 0.6 is 0 Å². The number of nitrogens with zero attached hydrogens (tertiary/aromatic N) is 1. The average Bonchev–Trinajstić information content (AvgIpc) is 2.31. The Balaban J connectivity index is 2.99. The minimum Gasteiger partial charge on any atom is -0.462 e. The van der Waals surface area contributed by atoms with Crippen LogP contribution in [0.2, 0.25) is 0 Å². The summed E-state index contributed by atoms with van der Waals surface area (Å²) >= 11 is 0. The van der Waals surface area contributed by atoms with Gasteiger partial charge in [0, 0.05) is 0 Å². The fourth-order valence-corrected chi connectivity index (χ4v) is 0.800. The molecule has 1 heterocycles. The molecule has 1 atom stereocenters. The Morgan fingerprint density at radius 2 is 2.27 bits per heavy atom. The predicted molar refractivity (Wildman–Crippen MR) is 38.8 cm³/mol. The molecule has 0 radical (unpaired) electrons. The van der Waals surface area contributed by atoms with Gasteiger partial charge in [0.1, 0.15) is 17.6 Å². The highest BCUT2D eigenvalue weighted by molar-refractivity contribution is 5.22. The third-order valence-electron chi connectivity index (χ3n) is 1.58. The maximum absolute atomic E-state index is 9.01. The maximum atomic E-state index is 9.01. The molecule has 3 nitrogen and oxygen atoms in total. The Bertz CT molecular complexity index is 276. The van der Waals surface area contributed by atoms with E-state index in [0.717, 1.165) is 11.3 Å². The third kappa shape index (κ3) is 1.41. The van der Waals surface area contributed by atoms with Gasteiger partial charge < -0.3 is 9.52 Å². The molecule has 1 N–H and O–H groups in total. The Morgan fingerprint density at radius 1 is 1.64 bits per heavy atom. The van der Waals surface area contributed by atoms with E-state index in [2.05, 4.69) is 0 Å². The summed E-state index contributed by atoms with van der Waals surface area (Å²) in [6, 6.07) is 3.35. The molecule has 0 bridgehead atoms. The van der Waals surface area contributed by atoms with Crippen molar-refractivity contribution >= 4 is 0 Å². The monoisotopic (exact) mass is 151 g/mol. The molecule has 1 aromatic rings. The van der Waals surface area contributed by atoms with Gasteiger partial charge in [-0.25, -0.2) is 0 Å². The van der Waals surface area contributed by atoms with Crippen molar-refractivity contribution in [2.75, 3.05) is 0 Å². The van der Waals surface area contributed by atoms with Crippen molar-refractivity contribution in [3.05, 3.63) is 23.2 Å². The van der Waals surface area contributed by atoms with Crippen LogP contribution in [0.5, 0.6) is 0 Å². The zero-order valence-electron chi connectivity index (χ0n) is 6.46. The molecule has 0 aliphatic heterocycles. The molecular weight excluding hydrogens is 142 g/mol. The van der Waals surface area contributed by atoms with Crippen LogP contribution in [-0.4, -0.2) is 5.11 Å². The van der Waals surface area contributed by atoms with Crippen molar-refractivity contribution in [2.24, 2.45) is 0 Å². The lowest BCUT2D eigenvalue weighted by atomic mass is 10.2. The van der Waals surface area contributed by atoms with Gasteiger partial charge >= 0.3 is 0 Å². The molecule has 0 aliphatic carbocycles. The Labute approximate surface area is 64.9 Å². The lowest BCUT2D eigenvalue weighted by molar-refractivity contribution is 0.202. The molecule has 0 aromatic carbocycles. The summed E-state index contributed by atoms with van der Waals surface area (Å²) in [4.78, 5) is 0. The van der Waals surface area contributed by atoms with Crippen molar-refractivity contribution in [2.45, 2.75) is 20.0 Å². The second kappa shape index (κ2) is 2.77. The van der Waals surface area contributed by atoms with Gasteiger partial charge in [0.05, 0.1) is 0 Å². The summed E-state index contributed by atoms with van der Waals surface area (Å²) in [7, 11) is 0. The van der Waals surface area contributed by atoms with Gasteiger partial charge in [-0.3, -0.25) is 0 Å². The summed E-state index contributed by atoms with van der Waals surface area (Å²) in [5.74, 6) is 1.07. The van der Waals surface area contributed by atoms with E-state index >= 15 is 0 Å². The van der Waals surface area contributed by atoms with Crippen LogP contribution in [0.1, 0.15) is 23.2 Å². The molecule has 3 heteroatoms. The van der Waals surface area contributed by atoms with Crippen LogP contribution in [0, 0.1) is 25.2 Å². The second-order valence-corrected chi connectivity index (χ2v) is 2.42. The lowest BCUT2D eigenvalue weighted by Crippen LogP contribution is -1.88. The lowest BCUT2D eigenvalue weighted by Gasteiger charge is -1.92. The van der Waals surface area contributed by atoms with Crippen LogP contribution in [0.15, 0.2) is 10.5 Å². The topological polar surface area (TPSA) is 57.2 Å². The molecule has 1 rings (SSSR count). The second-order valence-electron chi connectivity index (χ2n) is 2.42. The van der Waals surface area contributed by atoms with E-state index in [1.54, 1.807) is 19.1 Å². The van der Waals surface area contributed by atoms with E-state index in [0.29, 0.717) is 5.76 Å². The smallest absolute Gasteiger partial charge is 0.198 e. The summed E-state index contributed by atoms with van der Waals surface area (Å²) in [6.07, 6.45) is -1.14. The van der Waals surface area contributed by atoms with Gasteiger partial charge in [-0.15, -0.1) is 0 Å². The van der Waals surface area contributed by atoms with Crippen LogP contribution in [0.3, 0.4) is 0 Å². The van der Waals surface area contributed by atoms with E-state index in [1.165, 1.54) is 0 Å². The molecule has 0 aliphatic rings. The highest BCUT2D eigenvalue weighted by atomic mass is 16.4. The van der Waals surface area contributed by atoms with E-state index in [4.69, 9.17) is 14.8 Å². The number of aliphatic hydroxyl groups excluding tert-OH is 1. The summed E-state index contributed by atoms with van der Waals surface area (Å²) in [6.45, 7) is 3.66. The van der Waals surface area contributed by atoms with Gasteiger partial charge in [0.25, 0.3) is 0 Å². The molecular formula is C8H9NO2. The highest BCUT2D eigenvalue weighted by Crippen LogP contribution is 2.18. The number of hydrogen-bond acceptors (Lipinski definition) is 3. The molecule has 0 amide bonds. The van der Waals surface area contributed by atoms with E-state index in [-0.39, 0.29) is 0 Å². The normalized spacial score (nSPS) is 12.5.